The highest BCUT2D eigenvalue weighted by molar-refractivity contribution is 6.31. The topological polar surface area (TPSA) is 66.8 Å². The highest BCUT2D eigenvalue weighted by Crippen LogP contribution is 2.23. The van der Waals surface area contributed by atoms with E-state index in [9.17, 15) is 14.7 Å². The van der Waals surface area contributed by atoms with Crippen molar-refractivity contribution < 1.29 is 19.4 Å². The van der Waals surface area contributed by atoms with Crippen molar-refractivity contribution in [2.45, 2.75) is 13.3 Å². The predicted octanol–water partition coefficient (Wildman–Crippen LogP) is 2.07. The second-order valence-corrected chi connectivity index (χ2v) is 4.40. The molecule has 1 aromatic carbocycles. The molecule has 0 unspecified atom stereocenters. The van der Waals surface area contributed by atoms with Crippen molar-refractivity contribution in [3.8, 4) is 5.75 Å². The van der Waals surface area contributed by atoms with Crippen LogP contribution >= 0.6 is 11.6 Å². The number of halogens is 1. The molecule has 0 aliphatic carbocycles. The molecule has 1 amide bonds. The van der Waals surface area contributed by atoms with E-state index in [0.717, 1.165) is 0 Å². The second-order valence-electron chi connectivity index (χ2n) is 3.96. The molecular weight excluding hydrogens is 270 g/mol. The number of carbonyl (C=O) groups is 2. The van der Waals surface area contributed by atoms with Gasteiger partial charge in [0.25, 0.3) is 5.91 Å². The Morgan fingerprint density at radius 3 is 2.68 bits per heavy atom. The van der Waals surface area contributed by atoms with Gasteiger partial charge in [-0.3, -0.25) is 9.59 Å². The van der Waals surface area contributed by atoms with Crippen molar-refractivity contribution >= 4 is 23.5 Å². The molecule has 1 N–H and O–H groups in total. The molecule has 0 heterocycles. The van der Waals surface area contributed by atoms with Crippen molar-refractivity contribution in [1.82, 2.24) is 4.90 Å². The molecule has 5 nitrogen and oxygen atoms in total. The molecule has 0 fully saturated rings. The van der Waals surface area contributed by atoms with Crippen molar-refractivity contribution in [3.05, 3.63) is 28.8 Å². The minimum Gasteiger partial charge on any atom is -0.507 e. The van der Waals surface area contributed by atoms with Crippen LogP contribution < -0.4 is 0 Å². The van der Waals surface area contributed by atoms with Gasteiger partial charge in [0.05, 0.1) is 12.7 Å². The van der Waals surface area contributed by atoms with E-state index in [0.29, 0.717) is 18.0 Å². The zero-order valence-electron chi connectivity index (χ0n) is 10.9. The Bertz CT molecular complexity index is 476. The third-order valence-corrected chi connectivity index (χ3v) is 2.75. The van der Waals surface area contributed by atoms with E-state index in [2.05, 4.69) is 4.74 Å². The van der Waals surface area contributed by atoms with Crippen molar-refractivity contribution in [3.63, 3.8) is 0 Å². The second kappa shape index (κ2) is 6.99. The van der Waals surface area contributed by atoms with Crippen LogP contribution in [-0.4, -0.2) is 42.1 Å². The van der Waals surface area contributed by atoms with Crippen LogP contribution in [0.15, 0.2) is 18.2 Å². The van der Waals surface area contributed by atoms with E-state index < -0.39 is 11.9 Å². The number of nitrogens with zero attached hydrogens (tertiary/aromatic N) is 1. The largest absolute Gasteiger partial charge is 0.507 e. The number of rotatable bonds is 5. The lowest BCUT2D eigenvalue weighted by Crippen LogP contribution is -2.36. The van der Waals surface area contributed by atoms with E-state index in [1.54, 1.807) is 0 Å². The zero-order chi connectivity index (χ0) is 14.4. The highest BCUT2D eigenvalue weighted by Gasteiger charge is 2.21. The monoisotopic (exact) mass is 285 g/mol. The van der Waals surface area contributed by atoms with Crippen LogP contribution in [0.3, 0.4) is 0 Å². The highest BCUT2D eigenvalue weighted by atomic mass is 35.5. The lowest BCUT2D eigenvalue weighted by molar-refractivity contribution is -0.141. The lowest BCUT2D eigenvalue weighted by Gasteiger charge is -2.21. The number of ether oxygens (including phenoxy) is 1. The average molecular weight is 286 g/mol. The fraction of sp³-hybridized carbons (Fsp3) is 0.385. The first-order valence-electron chi connectivity index (χ1n) is 5.84. The molecule has 0 radical (unpaired) electrons. The van der Waals surface area contributed by atoms with Gasteiger partial charge in [-0.25, -0.2) is 0 Å². The van der Waals surface area contributed by atoms with Gasteiger partial charge in [0.2, 0.25) is 0 Å². The maximum Gasteiger partial charge on any atom is 0.325 e. The number of phenols is 1. The van der Waals surface area contributed by atoms with Gasteiger partial charge < -0.3 is 14.7 Å². The molecule has 0 saturated carbocycles. The number of methoxy groups -OCH3 is 1. The summed E-state index contributed by atoms with van der Waals surface area (Å²) in [6.45, 7) is 2.12. The third-order valence-electron chi connectivity index (χ3n) is 2.52. The molecule has 0 aliphatic rings. The SMILES string of the molecule is CCCN(CC(=O)OC)C(=O)c1cc(Cl)ccc1O. The summed E-state index contributed by atoms with van der Waals surface area (Å²) in [4.78, 5) is 24.9. The predicted molar refractivity (Wildman–Crippen MR) is 71.3 cm³/mol. The van der Waals surface area contributed by atoms with Crippen LogP contribution in [0.1, 0.15) is 23.7 Å². The minimum atomic E-state index is -0.511. The maximum absolute atomic E-state index is 12.3. The van der Waals surface area contributed by atoms with Gasteiger partial charge in [-0.15, -0.1) is 0 Å². The summed E-state index contributed by atoms with van der Waals surface area (Å²) in [6, 6.07) is 4.20. The summed E-state index contributed by atoms with van der Waals surface area (Å²) >= 11 is 5.80. The summed E-state index contributed by atoms with van der Waals surface area (Å²) in [7, 11) is 1.26. The Hall–Kier alpha value is -1.75. The van der Waals surface area contributed by atoms with Gasteiger partial charge in [-0.2, -0.15) is 0 Å². The van der Waals surface area contributed by atoms with Crippen molar-refractivity contribution in [1.29, 1.82) is 0 Å². The number of carbonyl (C=O) groups excluding carboxylic acids is 2. The van der Waals surface area contributed by atoms with Crippen LogP contribution in [-0.2, 0) is 9.53 Å². The van der Waals surface area contributed by atoms with Crippen LogP contribution in [0.5, 0.6) is 5.75 Å². The first kappa shape index (κ1) is 15.3. The number of esters is 1. The van der Waals surface area contributed by atoms with E-state index in [-0.39, 0.29) is 17.9 Å². The van der Waals surface area contributed by atoms with Gasteiger partial charge in [-0.1, -0.05) is 18.5 Å². The van der Waals surface area contributed by atoms with Crippen LogP contribution in [0.25, 0.3) is 0 Å². The van der Waals surface area contributed by atoms with Crippen molar-refractivity contribution in [2.75, 3.05) is 20.2 Å². The summed E-state index contributed by atoms with van der Waals surface area (Å²) in [6.07, 6.45) is 0.685. The number of benzene rings is 1. The molecule has 0 bridgehead atoms. The normalized spacial score (nSPS) is 10.1. The molecule has 1 rings (SSSR count). The van der Waals surface area contributed by atoms with E-state index in [1.807, 2.05) is 6.92 Å². The minimum absolute atomic E-state index is 0.0739. The van der Waals surface area contributed by atoms with Gasteiger partial charge >= 0.3 is 5.97 Å². The molecule has 0 saturated heterocycles. The Kier molecular flexibility index (Phi) is 5.63. The molecule has 0 aromatic heterocycles. The number of hydrogen-bond donors (Lipinski definition) is 1. The fourth-order valence-corrected chi connectivity index (χ4v) is 1.76. The van der Waals surface area contributed by atoms with E-state index in [1.165, 1.54) is 30.2 Å². The zero-order valence-corrected chi connectivity index (χ0v) is 11.6. The smallest absolute Gasteiger partial charge is 0.325 e. The standard InChI is InChI=1S/C13H16ClNO4/c1-3-6-15(8-12(17)19-2)13(18)10-7-9(14)4-5-11(10)16/h4-5,7,16H,3,6,8H2,1-2H3. The van der Waals surface area contributed by atoms with Gasteiger partial charge in [0.1, 0.15) is 12.3 Å². The third kappa shape index (κ3) is 4.13. The van der Waals surface area contributed by atoms with Gasteiger partial charge in [0.15, 0.2) is 0 Å². The van der Waals surface area contributed by atoms with Crippen molar-refractivity contribution in [2.24, 2.45) is 0 Å². The Morgan fingerprint density at radius 2 is 2.11 bits per heavy atom. The number of phenolic OH excluding ortho intramolecular Hbond substituents is 1. The van der Waals surface area contributed by atoms with Crippen LogP contribution in [0.2, 0.25) is 5.02 Å². The number of hydrogen-bond acceptors (Lipinski definition) is 4. The summed E-state index contributed by atoms with van der Waals surface area (Å²) in [5, 5.41) is 10.0. The quantitative estimate of drug-likeness (QED) is 0.841. The van der Waals surface area contributed by atoms with Crippen LogP contribution in [0.4, 0.5) is 0 Å². The van der Waals surface area contributed by atoms with Gasteiger partial charge in [-0.05, 0) is 24.6 Å². The van der Waals surface area contributed by atoms with Gasteiger partial charge in [0, 0.05) is 11.6 Å². The molecule has 104 valence electrons. The first-order valence-corrected chi connectivity index (χ1v) is 6.22. The molecular formula is C13H16ClNO4. The molecule has 0 aliphatic heterocycles. The first-order chi connectivity index (χ1) is 8.99. The molecule has 1 aromatic rings. The van der Waals surface area contributed by atoms with E-state index in [4.69, 9.17) is 11.6 Å². The molecule has 6 heteroatoms. The molecule has 0 spiro atoms. The molecule has 0 atom stereocenters. The average Bonchev–Trinajstić information content (AvgIpc) is 2.40. The summed E-state index contributed by atoms with van der Waals surface area (Å²) < 4.78 is 4.55. The number of aromatic hydroxyl groups is 1. The Morgan fingerprint density at radius 1 is 1.42 bits per heavy atom. The lowest BCUT2D eigenvalue weighted by atomic mass is 10.1. The Labute approximate surface area is 116 Å². The van der Waals surface area contributed by atoms with Crippen LogP contribution in [0, 0.1) is 0 Å². The Balaban J connectivity index is 2.98. The molecule has 19 heavy (non-hydrogen) atoms. The van der Waals surface area contributed by atoms with E-state index >= 15 is 0 Å². The summed E-state index contributed by atoms with van der Waals surface area (Å²) in [5.41, 5.74) is 0.0739. The number of amides is 1. The fourth-order valence-electron chi connectivity index (χ4n) is 1.59. The maximum atomic E-state index is 12.3. The summed E-state index contributed by atoms with van der Waals surface area (Å²) in [5.74, 6) is -1.13.